The first kappa shape index (κ1) is 36.8. The van der Waals surface area contributed by atoms with Crippen molar-refractivity contribution in [1.29, 1.82) is 0 Å². The van der Waals surface area contributed by atoms with Crippen molar-refractivity contribution in [2.24, 2.45) is 29.4 Å². The number of carbonyl (C=O) groups excluding carboxylic acids is 2. The number of carboxylic acids is 2. The molecule has 47 heavy (non-hydrogen) atoms. The number of hydrogen-bond donors (Lipinski definition) is 6. The minimum atomic E-state index is -1.26. The van der Waals surface area contributed by atoms with Crippen LogP contribution in [0.2, 0.25) is 5.02 Å². The molecule has 1 aromatic rings. The van der Waals surface area contributed by atoms with E-state index < -0.39 is 29.7 Å². The number of rotatable bonds is 11. The number of nitrogens with zero attached hydrogens (tertiary/aromatic N) is 2. The van der Waals surface area contributed by atoms with Gasteiger partial charge in [-0.3, -0.25) is 14.5 Å². The zero-order valence-electron chi connectivity index (χ0n) is 27.3. The second-order valence-electron chi connectivity index (χ2n) is 14.4. The second kappa shape index (κ2) is 15.0. The Hall–Kier alpha value is -3.03. The summed E-state index contributed by atoms with van der Waals surface area (Å²) < 4.78 is 0. The molecule has 1 saturated heterocycles. The molecule has 4 aliphatic carbocycles. The van der Waals surface area contributed by atoms with E-state index in [1.54, 1.807) is 11.0 Å². The van der Waals surface area contributed by atoms with Crippen LogP contribution in [0.25, 0.3) is 0 Å². The molecule has 12 nitrogen and oxygen atoms in total. The number of piperazine rings is 1. The molecule has 5 aliphatic rings. The van der Waals surface area contributed by atoms with Crippen LogP contribution in [0, 0.1) is 23.7 Å². The SMILES string of the molecule is CC[C@H](C[C@H](O)[C@@H](N)CN1CC(=O)N(c2ccccc2Cl)CC1(C)C)C(=O)NC1C2CC3CC1CC(O)(C3)C2.O=C(O)/C=C/C(=O)O. The third-order valence-corrected chi connectivity index (χ3v) is 10.7. The van der Waals surface area contributed by atoms with Gasteiger partial charge in [-0.2, -0.15) is 0 Å². The Morgan fingerprint density at radius 1 is 1.09 bits per heavy atom. The third-order valence-electron chi connectivity index (χ3n) is 10.4. The Labute approximate surface area is 280 Å². The summed E-state index contributed by atoms with van der Waals surface area (Å²) in [5.74, 6) is -1.64. The number of carboxylic acid groups (broad SMARTS) is 2. The van der Waals surface area contributed by atoms with E-state index in [1.807, 2.05) is 30.0 Å². The maximum absolute atomic E-state index is 13.3. The highest BCUT2D eigenvalue weighted by molar-refractivity contribution is 6.33. The topological polar surface area (TPSA) is 194 Å². The van der Waals surface area contributed by atoms with Gasteiger partial charge in [0.1, 0.15) is 0 Å². The van der Waals surface area contributed by atoms with Crippen LogP contribution in [0.3, 0.4) is 0 Å². The van der Waals surface area contributed by atoms with Crippen molar-refractivity contribution in [3.05, 3.63) is 41.4 Å². The summed E-state index contributed by atoms with van der Waals surface area (Å²) in [6.45, 7) is 7.07. The standard InChI is InChI=1S/C30H45ClN4O4.C4H4O4/c1-4-19(28(38)33-27-20-9-18-10-21(27)14-30(39,12-18)13-20)11-25(36)23(32)15-34-16-26(37)35(17-29(34,2)3)24-8-6-5-7-22(24)31;5-3(6)1-2-4(7)8/h5-8,18-21,23,25,27,36,39H,4,9-17,32H2,1-3H3,(H,33,38);1-2H,(H,5,6)(H,7,8)/b;2-1+/t18?,19-,20?,21?,23+,25+,27?,30?;/m1./s1. The van der Waals surface area contributed by atoms with Crippen molar-refractivity contribution in [2.75, 3.05) is 24.5 Å². The van der Waals surface area contributed by atoms with E-state index in [2.05, 4.69) is 19.2 Å². The van der Waals surface area contributed by atoms with E-state index in [1.165, 1.54) is 0 Å². The molecule has 0 radical (unpaired) electrons. The molecule has 0 spiro atoms. The molecule has 7 N–H and O–H groups in total. The van der Waals surface area contributed by atoms with Crippen LogP contribution in [0.5, 0.6) is 0 Å². The van der Waals surface area contributed by atoms with Crippen molar-refractivity contribution in [2.45, 2.75) is 95.0 Å². The summed E-state index contributed by atoms with van der Waals surface area (Å²) in [5, 5.41) is 41.4. The highest BCUT2D eigenvalue weighted by Crippen LogP contribution is 2.55. The van der Waals surface area contributed by atoms with Gasteiger partial charge in [0, 0.05) is 48.8 Å². The van der Waals surface area contributed by atoms with Crippen LogP contribution in [-0.2, 0) is 19.2 Å². The normalized spacial score (nSPS) is 29.9. The highest BCUT2D eigenvalue weighted by Gasteiger charge is 2.55. The lowest BCUT2D eigenvalue weighted by molar-refractivity contribution is -0.148. The number of anilines is 1. The van der Waals surface area contributed by atoms with Crippen molar-refractivity contribution in [3.63, 3.8) is 0 Å². The molecule has 0 aromatic heterocycles. The summed E-state index contributed by atoms with van der Waals surface area (Å²) in [5.41, 5.74) is 6.28. The van der Waals surface area contributed by atoms with Crippen LogP contribution in [0.4, 0.5) is 5.69 Å². The van der Waals surface area contributed by atoms with E-state index in [4.69, 9.17) is 27.5 Å². The van der Waals surface area contributed by atoms with Crippen LogP contribution in [-0.4, -0.2) is 98.0 Å². The number of nitrogens with one attached hydrogen (secondary N) is 1. The maximum Gasteiger partial charge on any atom is 0.328 e. The Morgan fingerprint density at radius 3 is 2.21 bits per heavy atom. The van der Waals surface area contributed by atoms with E-state index in [9.17, 15) is 29.4 Å². The van der Waals surface area contributed by atoms with Gasteiger partial charge in [0.15, 0.2) is 0 Å². The molecule has 13 heteroatoms. The molecule has 6 rings (SSSR count). The molecule has 5 fully saturated rings. The number of aliphatic carboxylic acids is 2. The van der Waals surface area contributed by atoms with Gasteiger partial charge in [-0.25, -0.2) is 9.59 Å². The Bertz CT molecular complexity index is 1320. The lowest BCUT2D eigenvalue weighted by Gasteiger charge is -2.58. The Kier molecular flexibility index (Phi) is 11.8. The zero-order valence-corrected chi connectivity index (χ0v) is 28.1. The third kappa shape index (κ3) is 9.11. The molecule has 4 saturated carbocycles. The summed E-state index contributed by atoms with van der Waals surface area (Å²) in [6.07, 6.45) is 5.81. The second-order valence-corrected chi connectivity index (χ2v) is 14.8. The number of aliphatic hydroxyl groups is 2. The molecule has 1 heterocycles. The number of amides is 2. The molecular formula is C34H49ClN4O8. The summed E-state index contributed by atoms with van der Waals surface area (Å²) in [6, 6.07) is 6.86. The largest absolute Gasteiger partial charge is 0.478 e. The highest BCUT2D eigenvalue weighted by atomic mass is 35.5. The fraction of sp³-hybridized carbons (Fsp3) is 0.647. The van der Waals surface area contributed by atoms with E-state index in [-0.39, 0.29) is 42.3 Å². The number of aliphatic hydroxyl groups excluding tert-OH is 1. The number of benzene rings is 1. The van der Waals surface area contributed by atoms with Gasteiger partial charge in [0.25, 0.3) is 0 Å². The average molecular weight is 677 g/mol. The van der Waals surface area contributed by atoms with Crippen LogP contribution in [0.1, 0.15) is 65.7 Å². The smallest absolute Gasteiger partial charge is 0.328 e. The Balaban J connectivity index is 0.000000555. The summed E-state index contributed by atoms with van der Waals surface area (Å²) >= 11 is 6.36. The molecule has 5 atom stereocenters. The first-order valence-electron chi connectivity index (χ1n) is 16.4. The fourth-order valence-electron chi connectivity index (χ4n) is 8.18. The number of carbonyl (C=O) groups is 4. The minimum absolute atomic E-state index is 0.0166. The fourth-order valence-corrected chi connectivity index (χ4v) is 8.42. The van der Waals surface area contributed by atoms with Gasteiger partial charge in [0.05, 0.1) is 29.0 Å². The predicted octanol–water partition coefficient (Wildman–Crippen LogP) is 2.64. The van der Waals surface area contributed by atoms with Gasteiger partial charge in [0.2, 0.25) is 11.8 Å². The number of nitrogens with two attached hydrogens (primary N) is 1. The van der Waals surface area contributed by atoms with E-state index >= 15 is 0 Å². The van der Waals surface area contributed by atoms with E-state index in [0.717, 1.165) is 32.1 Å². The Morgan fingerprint density at radius 2 is 1.68 bits per heavy atom. The number of halogens is 1. The van der Waals surface area contributed by atoms with Crippen molar-refractivity contribution < 1.29 is 39.6 Å². The lowest BCUT2D eigenvalue weighted by atomic mass is 9.52. The minimum Gasteiger partial charge on any atom is -0.478 e. The number of hydrogen-bond acceptors (Lipinski definition) is 8. The van der Waals surface area contributed by atoms with Crippen LogP contribution >= 0.6 is 11.6 Å². The summed E-state index contributed by atoms with van der Waals surface area (Å²) in [7, 11) is 0. The average Bonchev–Trinajstić information content (AvgIpc) is 2.98. The monoisotopic (exact) mass is 676 g/mol. The van der Waals surface area contributed by atoms with Crippen molar-refractivity contribution in [3.8, 4) is 0 Å². The van der Waals surface area contributed by atoms with Gasteiger partial charge in [-0.15, -0.1) is 0 Å². The quantitative estimate of drug-likeness (QED) is 0.190. The van der Waals surface area contributed by atoms with Gasteiger partial charge >= 0.3 is 11.9 Å². The first-order chi connectivity index (χ1) is 22.0. The van der Waals surface area contributed by atoms with E-state index in [0.29, 0.717) is 60.1 Å². The molecule has 2 unspecified atom stereocenters. The van der Waals surface area contributed by atoms with Crippen molar-refractivity contribution in [1.82, 2.24) is 10.2 Å². The van der Waals surface area contributed by atoms with Crippen LogP contribution in [0.15, 0.2) is 36.4 Å². The van der Waals surface area contributed by atoms with Gasteiger partial charge < -0.3 is 36.4 Å². The number of para-hydroxylation sites is 1. The lowest BCUT2D eigenvalue weighted by Crippen LogP contribution is -2.64. The first-order valence-corrected chi connectivity index (χ1v) is 16.8. The molecule has 1 aliphatic heterocycles. The molecule has 2 amide bonds. The maximum atomic E-state index is 13.3. The summed E-state index contributed by atoms with van der Waals surface area (Å²) in [4.78, 5) is 49.3. The van der Waals surface area contributed by atoms with Crippen LogP contribution < -0.4 is 16.0 Å². The van der Waals surface area contributed by atoms with Gasteiger partial charge in [-0.1, -0.05) is 30.7 Å². The zero-order chi connectivity index (χ0) is 34.7. The van der Waals surface area contributed by atoms with Crippen molar-refractivity contribution >= 4 is 41.0 Å². The predicted molar refractivity (Wildman–Crippen MR) is 177 cm³/mol. The molecule has 260 valence electrons. The molecule has 4 bridgehead atoms. The molecular weight excluding hydrogens is 628 g/mol. The molecule has 1 aromatic carbocycles. The van der Waals surface area contributed by atoms with Gasteiger partial charge in [-0.05, 0) is 88.7 Å².